The van der Waals surface area contributed by atoms with E-state index in [0.29, 0.717) is 11.3 Å². The smallest absolute Gasteiger partial charge is 0.282 e. The molecule has 1 aliphatic rings. The van der Waals surface area contributed by atoms with Crippen LogP contribution in [-0.4, -0.2) is 11.8 Å². The van der Waals surface area contributed by atoms with Crippen LogP contribution in [0.3, 0.4) is 0 Å². The van der Waals surface area contributed by atoms with Crippen LogP contribution >= 0.6 is 0 Å². The fourth-order valence-corrected chi connectivity index (χ4v) is 3.90. The maximum Gasteiger partial charge on any atom is 0.282 e. The number of carbonyl (C=O) groups excluding carboxylic acids is 2. The molecule has 0 saturated carbocycles. The molecular formula is C26H22F2N2O2. The van der Waals surface area contributed by atoms with Crippen molar-refractivity contribution in [1.82, 2.24) is 0 Å². The summed E-state index contributed by atoms with van der Waals surface area (Å²) in [6.07, 6.45) is 0. The fraction of sp³-hybridized carbons (Fsp3) is 0.154. The number of rotatable bonds is 4. The van der Waals surface area contributed by atoms with E-state index < -0.39 is 23.4 Å². The first-order valence-electron chi connectivity index (χ1n) is 10.2. The molecule has 0 aromatic heterocycles. The van der Waals surface area contributed by atoms with Gasteiger partial charge in [-0.15, -0.1) is 0 Å². The highest BCUT2D eigenvalue weighted by atomic mass is 19.2. The minimum atomic E-state index is -1.05. The van der Waals surface area contributed by atoms with Crippen molar-refractivity contribution in [3.63, 3.8) is 0 Å². The van der Waals surface area contributed by atoms with Crippen molar-refractivity contribution in [2.75, 3.05) is 10.2 Å². The Balaban J connectivity index is 1.89. The molecule has 3 aromatic carbocycles. The van der Waals surface area contributed by atoms with Gasteiger partial charge in [0.1, 0.15) is 5.70 Å². The van der Waals surface area contributed by atoms with Crippen molar-refractivity contribution >= 4 is 28.8 Å². The van der Waals surface area contributed by atoms with Gasteiger partial charge in [-0.1, -0.05) is 35.9 Å². The number of nitrogens with one attached hydrogen (secondary N) is 1. The number of imide groups is 1. The summed E-state index contributed by atoms with van der Waals surface area (Å²) in [4.78, 5) is 28.3. The summed E-state index contributed by atoms with van der Waals surface area (Å²) < 4.78 is 27.2. The van der Waals surface area contributed by atoms with Gasteiger partial charge in [0.2, 0.25) is 0 Å². The van der Waals surface area contributed by atoms with Gasteiger partial charge in [-0.25, -0.2) is 13.7 Å². The summed E-state index contributed by atoms with van der Waals surface area (Å²) in [5.41, 5.74) is 5.08. The second kappa shape index (κ2) is 8.04. The summed E-state index contributed by atoms with van der Waals surface area (Å²) >= 11 is 0. The molecule has 1 N–H and O–H groups in total. The Labute approximate surface area is 185 Å². The highest BCUT2D eigenvalue weighted by Crippen LogP contribution is 2.37. The van der Waals surface area contributed by atoms with Crippen molar-refractivity contribution in [1.29, 1.82) is 0 Å². The Hall–Kier alpha value is -3.80. The van der Waals surface area contributed by atoms with Crippen LogP contribution < -0.4 is 10.2 Å². The molecule has 3 aromatic rings. The topological polar surface area (TPSA) is 49.4 Å². The molecule has 0 aliphatic carbocycles. The van der Waals surface area contributed by atoms with E-state index in [-0.39, 0.29) is 17.0 Å². The van der Waals surface area contributed by atoms with Gasteiger partial charge in [0, 0.05) is 11.8 Å². The average Bonchev–Trinajstić information content (AvgIpc) is 2.97. The first kappa shape index (κ1) is 21.4. The molecule has 1 heterocycles. The standard InChI is InChI=1S/C26H22F2N2O2/c1-14-8-10-19(16(3)12-14)23-24(29-18-9-11-20(27)21(28)13-18)26(32)30(25(23)31)22-7-5-6-15(2)17(22)4/h5-13,29H,1-4H3. The first-order chi connectivity index (χ1) is 15.2. The highest BCUT2D eigenvalue weighted by molar-refractivity contribution is 6.46. The first-order valence-corrected chi connectivity index (χ1v) is 10.2. The maximum absolute atomic E-state index is 13.8. The molecule has 32 heavy (non-hydrogen) atoms. The van der Waals surface area contributed by atoms with Crippen LogP contribution in [0.25, 0.3) is 5.57 Å². The Morgan fingerprint density at radius 2 is 1.53 bits per heavy atom. The molecule has 0 fully saturated rings. The molecule has 0 radical (unpaired) electrons. The van der Waals surface area contributed by atoms with E-state index in [1.165, 1.54) is 6.07 Å². The van der Waals surface area contributed by atoms with E-state index >= 15 is 0 Å². The molecule has 4 nitrogen and oxygen atoms in total. The fourth-order valence-electron chi connectivity index (χ4n) is 3.90. The van der Waals surface area contributed by atoms with Crippen LogP contribution in [0.1, 0.15) is 27.8 Å². The van der Waals surface area contributed by atoms with Crippen molar-refractivity contribution in [2.24, 2.45) is 0 Å². The normalized spacial score (nSPS) is 13.9. The molecule has 0 bridgehead atoms. The highest BCUT2D eigenvalue weighted by Gasteiger charge is 2.41. The Bertz CT molecular complexity index is 1310. The van der Waals surface area contributed by atoms with Gasteiger partial charge in [0.15, 0.2) is 11.6 Å². The van der Waals surface area contributed by atoms with E-state index in [2.05, 4.69) is 5.32 Å². The Morgan fingerprint density at radius 3 is 2.22 bits per heavy atom. The van der Waals surface area contributed by atoms with Crippen molar-refractivity contribution in [3.8, 4) is 0 Å². The van der Waals surface area contributed by atoms with Crippen molar-refractivity contribution < 1.29 is 18.4 Å². The number of hydrogen-bond donors (Lipinski definition) is 1. The number of anilines is 2. The number of aryl methyl sites for hydroxylation is 3. The molecule has 1 aliphatic heterocycles. The minimum Gasteiger partial charge on any atom is -0.350 e. The third kappa shape index (κ3) is 3.58. The summed E-state index contributed by atoms with van der Waals surface area (Å²) in [5, 5.41) is 2.87. The van der Waals surface area contributed by atoms with Gasteiger partial charge in [-0.2, -0.15) is 0 Å². The molecule has 0 spiro atoms. The lowest BCUT2D eigenvalue weighted by Crippen LogP contribution is -2.33. The van der Waals surface area contributed by atoms with Crippen LogP contribution in [0.2, 0.25) is 0 Å². The van der Waals surface area contributed by atoms with E-state index in [1.54, 1.807) is 18.2 Å². The van der Waals surface area contributed by atoms with Crippen LogP contribution in [0.5, 0.6) is 0 Å². The zero-order chi connectivity index (χ0) is 23.2. The number of halogens is 2. The molecule has 6 heteroatoms. The molecule has 4 rings (SSSR count). The number of benzene rings is 3. The third-order valence-corrected chi connectivity index (χ3v) is 5.74. The summed E-state index contributed by atoms with van der Waals surface area (Å²) in [6.45, 7) is 7.56. The van der Waals surface area contributed by atoms with Gasteiger partial charge >= 0.3 is 0 Å². The molecule has 0 unspecified atom stereocenters. The Kier molecular flexibility index (Phi) is 5.38. The summed E-state index contributed by atoms with van der Waals surface area (Å²) in [7, 11) is 0. The summed E-state index contributed by atoms with van der Waals surface area (Å²) in [6, 6.07) is 14.3. The molecule has 2 amide bonds. The van der Waals surface area contributed by atoms with E-state index in [4.69, 9.17) is 0 Å². The van der Waals surface area contributed by atoms with Gasteiger partial charge in [-0.3, -0.25) is 9.59 Å². The predicted molar refractivity (Wildman–Crippen MR) is 121 cm³/mol. The molecule has 0 atom stereocenters. The average molecular weight is 432 g/mol. The van der Waals surface area contributed by atoms with E-state index in [9.17, 15) is 18.4 Å². The molecule has 0 saturated heterocycles. The second-order valence-electron chi connectivity index (χ2n) is 7.99. The lowest BCUT2D eigenvalue weighted by atomic mass is 9.97. The third-order valence-electron chi connectivity index (χ3n) is 5.74. The Morgan fingerprint density at radius 1 is 0.781 bits per heavy atom. The molecular weight excluding hydrogens is 410 g/mol. The van der Waals surface area contributed by atoms with E-state index in [1.807, 2.05) is 45.9 Å². The van der Waals surface area contributed by atoms with Crippen LogP contribution in [-0.2, 0) is 9.59 Å². The van der Waals surface area contributed by atoms with Crippen LogP contribution in [0.15, 0.2) is 60.3 Å². The second-order valence-corrected chi connectivity index (χ2v) is 7.99. The lowest BCUT2D eigenvalue weighted by molar-refractivity contribution is -0.120. The SMILES string of the molecule is Cc1ccc(C2=C(Nc3ccc(F)c(F)c3)C(=O)N(c3cccc(C)c3C)C2=O)c(C)c1. The minimum absolute atomic E-state index is 0.0221. The zero-order valence-electron chi connectivity index (χ0n) is 18.2. The van der Waals surface area contributed by atoms with Gasteiger partial charge in [0.05, 0.1) is 11.3 Å². The molecule has 162 valence electrons. The van der Waals surface area contributed by atoms with Crippen molar-refractivity contribution in [3.05, 3.63) is 99.7 Å². The van der Waals surface area contributed by atoms with Crippen LogP contribution in [0, 0.1) is 39.3 Å². The van der Waals surface area contributed by atoms with Gasteiger partial charge in [-0.05, 0) is 68.1 Å². The predicted octanol–water partition coefficient (Wildman–Crippen LogP) is 5.60. The quantitative estimate of drug-likeness (QED) is 0.547. The number of carbonyl (C=O) groups is 2. The number of nitrogens with zero attached hydrogens (tertiary/aromatic N) is 1. The van der Waals surface area contributed by atoms with Gasteiger partial charge < -0.3 is 5.32 Å². The monoisotopic (exact) mass is 432 g/mol. The van der Waals surface area contributed by atoms with Crippen molar-refractivity contribution in [2.45, 2.75) is 27.7 Å². The lowest BCUT2D eigenvalue weighted by Gasteiger charge is -2.19. The maximum atomic E-state index is 13.8. The number of amides is 2. The van der Waals surface area contributed by atoms with E-state index in [0.717, 1.165) is 39.3 Å². The number of hydrogen-bond acceptors (Lipinski definition) is 3. The van der Waals surface area contributed by atoms with Crippen LogP contribution in [0.4, 0.5) is 20.2 Å². The van der Waals surface area contributed by atoms with Gasteiger partial charge in [0.25, 0.3) is 11.8 Å². The largest absolute Gasteiger partial charge is 0.350 e. The summed E-state index contributed by atoms with van der Waals surface area (Å²) in [5.74, 6) is -3.07. The zero-order valence-corrected chi connectivity index (χ0v) is 18.2.